The molecule has 1 aliphatic carbocycles. The number of halogens is 1. The summed E-state index contributed by atoms with van der Waals surface area (Å²) in [6.07, 6.45) is 4.59. The maximum absolute atomic E-state index is 11.5. The third kappa shape index (κ3) is 3.19. The lowest BCUT2D eigenvalue weighted by atomic mass is 9.84. The molecule has 0 aliphatic heterocycles. The van der Waals surface area contributed by atoms with Gasteiger partial charge < -0.3 is 16.8 Å². The van der Waals surface area contributed by atoms with Crippen LogP contribution in [0.25, 0.3) is 0 Å². The van der Waals surface area contributed by atoms with Crippen LogP contribution in [-0.2, 0) is 0 Å². The summed E-state index contributed by atoms with van der Waals surface area (Å²) in [6.45, 7) is 0.657. The molecule has 2 atom stereocenters. The fourth-order valence-corrected chi connectivity index (χ4v) is 3.04. The van der Waals surface area contributed by atoms with E-state index in [4.69, 9.17) is 23.1 Å². The van der Waals surface area contributed by atoms with Gasteiger partial charge in [-0.3, -0.25) is 4.79 Å². The summed E-state index contributed by atoms with van der Waals surface area (Å²) in [7, 11) is 0. The lowest BCUT2D eigenvalue weighted by Crippen LogP contribution is -2.37. The molecule has 0 bridgehead atoms. The molecule has 0 radical (unpaired) electrons. The first-order valence-electron chi connectivity index (χ1n) is 6.68. The number of hydrogen-bond acceptors (Lipinski definition) is 3. The van der Waals surface area contributed by atoms with Gasteiger partial charge in [0, 0.05) is 11.7 Å². The quantitative estimate of drug-likeness (QED) is 0.792. The van der Waals surface area contributed by atoms with Crippen LogP contribution in [0.3, 0.4) is 0 Å². The standard InChI is InChI=1S/C14H20ClN3O/c15-10-5-3-7-12(13(10)14(17)19)18-11-6-2-1-4-9(11)8-16/h3,5,7,9,11,18H,1-2,4,6,8,16H2,(H2,17,19). The van der Waals surface area contributed by atoms with Gasteiger partial charge in [0.1, 0.15) is 0 Å². The smallest absolute Gasteiger partial charge is 0.252 e. The Kier molecular flexibility index (Phi) is 4.66. The van der Waals surface area contributed by atoms with Gasteiger partial charge in [0.15, 0.2) is 0 Å². The zero-order chi connectivity index (χ0) is 13.8. The number of carbonyl (C=O) groups is 1. The number of hydrogen-bond donors (Lipinski definition) is 3. The van der Waals surface area contributed by atoms with Crippen molar-refractivity contribution in [2.75, 3.05) is 11.9 Å². The highest BCUT2D eigenvalue weighted by molar-refractivity contribution is 6.34. The van der Waals surface area contributed by atoms with E-state index in [1.54, 1.807) is 6.07 Å². The van der Waals surface area contributed by atoms with Crippen LogP contribution in [0.5, 0.6) is 0 Å². The van der Waals surface area contributed by atoms with E-state index in [0.717, 1.165) is 12.8 Å². The summed E-state index contributed by atoms with van der Waals surface area (Å²) in [5.74, 6) is -0.0679. The largest absolute Gasteiger partial charge is 0.381 e. The molecule has 5 heteroatoms. The predicted molar refractivity (Wildman–Crippen MR) is 78.4 cm³/mol. The fourth-order valence-electron chi connectivity index (χ4n) is 2.77. The van der Waals surface area contributed by atoms with Crippen molar-refractivity contribution in [3.05, 3.63) is 28.8 Å². The van der Waals surface area contributed by atoms with Gasteiger partial charge in [0.05, 0.1) is 10.6 Å². The molecule has 2 unspecified atom stereocenters. The summed E-state index contributed by atoms with van der Waals surface area (Å²) in [5, 5.41) is 3.79. The number of rotatable bonds is 4. The molecular formula is C14H20ClN3O. The van der Waals surface area contributed by atoms with Gasteiger partial charge in [-0.15, -0.1) is 0 Å². The molecule has 0 aromatic heterocycles. The molecule has 1 aliphatic rings. The van der Waals surface area contributed by atoms with Crippen molar-refractivity contribution in [3.8, 4) is 0 Å². The first-order chi connectivity index (χ1) is 9.13. The Labute approximate surface area is 118 Å². The Hall–Kier alpha value is -1.26. The van der Waals surface area contributed by atoms with Gasteiger partial charge in [-0.1, -0.05) is 30.5 Å². The molecule has 1 aromatic rings. The molecule has 0 spiro atoms. The minimum Gasteiger partial charge on any atom is -0.381 e. The van der Waals surface area contributed by atoms with Gasteiger partial charge in [-0.05, 0) is 37.4 Å². The summed E-state index contributed by atoms with van der Waals surface area (Å²) in [4.78, 5) is 11.5. The van der Waals surface area contributed by atoms with Crippen molar-refractivity contribution in [2.24, 2.45) is 17.4 Å². The molecule has 1 amide bonds. The molecular weight excluding hydrogens is 262 g/mol. The van der Waals surface area contributed by atoms with E-state index in [9.17, 15) is 4.79 Å². The molecule has 19 heavy (non-hydrogen) atoms. The lowest BCUT2D eigenvalue weighted by Gasteiger charge is -2.32. The molecule has 0 saturated heterocycles. The average molecular weight is 282 g/mol. The van der Waals surface area contributed by atoms with E-state index < -0.39 is 5.91 Å². The summed E-state index contributed by atoms with van der Waals surface area (Å²) in [5.41, 5.74) is 12.3. The molecule has 4 nitrogen and oxygen atoms in total. The van der Waals surface area contributed by atoms with E-state index in [2.05, 4.69) is 5.32 Å². The van der Waals surface area contributed by atoms with Crippen LogP contribution in [0, 0.1) is 5.92 Å². The number of carbonyl (C=O) groups excluding carboxylic acids is 1. The van der Waals surface area contributed by atoms with Crippen molar-refractivity contribution >= 4 is 23.2 Å². The highest BCUT2D eigenvalue weighted by Crippen LogP contribution is 2.30. The molecule has 104 valence electrons. The Bertz CT molecular complexity index is 464. The van der Waals surface area contributed by atoms with E-state index in [1.165, 1.54) is 12.8 Å². The topological polar surface area (TPSA) is 81.1 Å². The first-order valence-corrected chi connectivity index (χ1v) is 7.06. The zero-order valence-electron chi connectivity index (χ0n) is 10.9. The SMILES string of the molecule is NCC1CCCCC1Nc1cccc(Cl)c1C(N)=O. The predicted octanol–water partition coefficient (Wildman–Crippen LogP) is 2.37. The van der Waals surface area contributed by atoms with Crippen molar-refractivity contribution < 1.29 is 4.79 Å². The van der Waals surface area contributed by atoms with Crippen LogP contribution < -0.4 is 16.8 Å². The van der Waals surface area contributed by atoms with Gasteiger partial charge in [0.2, 0.25) is 0 Å². The summed E-state index contributed by atoms with van der Waals surface area (Å²) in [6, 6.07) is 5.62. The molecule has 5 N–H and O–H groups in total. The van der Waals surface area contributed by atoms with E-state index in [-0.39, 0.29) is 6.04 Å². The van der Waals surface area contributed by atoms with Crippen LogP contribution >= 0.6 is 11.6 Å². The number of benzene rings is 1. The number of amides is 1. The van der Waals surface area contributed by atoms with E-state index in [1.807, 2.05) is 12.1 Å². The van der Waals surface area contributed by atoms with Crippen LogP contribution in [-0.4, -0.2) is 18.5 Å². The normalized spacial score (nSPS) is 23.1. The monoisotopic (exact) mass is 281 g/mol. The first kappa shape index (κ1) is 14.2. The summed E-state index contributed by atoms with van der Waals surface area (Å²) < 4.78 is 0. The fraction of sp³-hybridized carbons (Fsp3) is 0.500. The van der Waals surface area contributed by atoms with Gasteiger partial charge >= 0.3 is 0 Å². The van der Waals surface area contributed by atoms with E-state index >= 15 is 0 Å². The van der Waals surface area contributed by atoms with Crippen LogP contribution in [0.15, 0.2) is 18.2 Å². The highest BCUT2D eigenvalue weighted by atomic mass is 35.5. The molecule has 0 heterocycles. The molecule has 2 rings (SSSR count). The second kappa shape index (κ2) is 6.26. The lowest BCUT2D eigenvalue weighted by molar-refractivity contribution is 0.100. The molecule has 1 aromatic carbocycles. The van der Waals surface area contributed by atoms with Gasteiger partial charge in [0.25, 0.3) is 5.91 Å². The van der Waals surface area contributed by atoms with Crippen molar-refractivity contribution in [3.63, 3.8) is 0 Å². The third-order valence-corrected chi connectivity index (χ3v) is 4.13. The third-order valence-electron chi connectivity index (χ3n) is 3.81. The maximum atomic E-state index is 11.5. The second-order valence-corrected chi connectivity index (χ2v) is 5.46. The maximum Gasteiger partial charge on any atom is 0.252 e. The Morgan fingerprint density at radius 3 is 2.79 bits per heavy atom. The molecule has 1 saturated carbocycles. The van der Waals surface area contributed by atoms with E-state index in [0.29, 0.717) is 28.7 Å². The van der Waals surface area contributed by atoms with Crippen molar-refractivity contribution in [1.82, 2.24) is 0 Å². The van der Waals surface area contributed by atoms with Gasteiger partial charge in [-0.25, -0.2) is 0 Å². The Morgan fingerprint density at radius 1 is 1.37 bits per heavy atom. The highest BCUT2D eigenvalue weighted by Gasteiger charge is 2.25. The van der Waals surface area contributed by atoms with Crippen molar-refractivity contribution in [1.29, 1.82) is 0 Å². The average Bonchev–Trinajstić information content (AvgIpc) is 2.39. The Morgan fingerprint density at radius 2 is 2.11 bits per heavy atom. The zero-order valence-corrected chi connectivity index (χ0v) is 11.6. The minimum absolute atomic E-state index is 0.287. The Balaban J connectivity index is 2.22. The number of nitrogens with one attached hydrogen (secondary N) is 1. The van der Waals surface area contributed by atoms with Crippen LogP contribution in [0.1, 0.15) is 36.0 Å². The number of primary amides is 1. The summed E-state index contributed by atoms with van der Waals surface area (Å²) >= 11 is 6.05. The van der Waals surface area contributed by atoms with Crippen LogP contribution in [0.4, 0.5) is 5.69 Å². The molecule has 1 fully saturated rings. The minimum atomic E-state index is -0.506. The second-order valence-electron chi connectivity index (χ2n) is 5.06. The number of anilines is 1. The van der Waals surface area contributed by atoms with Gasteiger partial charge in [-0.2, -0.15) is 0 Å². The van der Waals surface area contributed by atoms with Crippen LogP contribution in [0.2, 0.25) is 5.02 Å². The van der Waals surface area contributed by atoms with Crippen molar-refractivity contribution in [2.45, 2.75) is 31.7 Å². The number of nitrogens with two attached hydrogens (primary N) is 2.